The van der Waals surface area contributed by atoms with Crippen molar-refractivity contribution < 1.29 is 0 Å². The van der Waals surface area contributed by atoms with Gasteiger partial charge in [-0.3, -0.25) is 0 Å². The van der Waals surface area contributed by atoms with Crippen molar-refractivity contribution in [2.75, 3.05) is 0 Å². The molecule has 0 N–H and O–H groups in total. The third-order valence-electron chi connectivity index (χ3n) is 10.5. The van der Waals surface area contributed by atoms with E-state index in [4.69, 9.17) is 15.0 Å². The Kier molecular flexibility index (Phi) is 7.41. The van der Waals surface area contributed by atoms with Crippen molar-refractivity contribution in [3.8, 4) is 51.4 Å². The van der Waals surface area contributed by atoms with E-state index in [0.29, 0.717) is 23.0 Å². The molecule has 4 heteroatoms. The molecular weight excluding hydrogens is 573 g/mol. The monoisotopic (exact) mass is 610 g/mol. The summed E-state index contributed by atoms with van der Waals surface area (Å²) in [7, 11) is 0. The van der Waals surface area contributed by atoms with Crippen LogP contribution in [0.4, 0.5) is 0 Å². The smallest absolute Gasteiger partial charge is 0.164 e. The van der Waals surface area contributed by atoms with Crippen LogP contribution in [-0.4, -0.2) is 15.0 Å². The number of hydrogen-bond donors (Lipinski definition) is 0. The molecule has 2 unspecified atom stereocenters. The maximum absolute atomic E-state index is 9.30. The fourth-order valence-corrected chi connectivity index (χ4v) is 8.84. The highest BCUT2D eigenvalue weighted by molar-refractivity contribution is 6.04. The second kappa shape index (κ2) is 11.9. The van der Waals surface area contributed by atoms with E-state index in [9.17, 15) is 5.26 Å². The summed E-state index contributed by atoms with van der Waals surface area (Å²) in [6, 6.07) is 42.0. The predicted molar refractivity (Wildman–Crippen MR) is 190 cm³/mol. The summed E-state index contributed by atoms with van der Waals surface area (Å²) < 4.78 is 0. The fourth-order valence-electron chi connectivity index (χ4n) is 8.84. The molecule has 4 nitrogen and oxygen atoms in total. The standard InChI is InChI=1S/C43H38N4/c1-28-22-31-23-29(2)25-43(24-28,26-31)35-18-16-34(17-19-35)41-45-40(33-8-4-3-5-9-33)46-42(47-41)39-21-20-36(37-10-6-7-11-38(37)39)32-14-12-30(27-44)13-15-32/h3-21,28-29,31H,22-26H2,1-2H3/t28-,29+,31?,43?. The van der Waals surface area contributed by atoms with Crippen LogP contribution in [0.3, 0.4) is 0 Å². The minimum Gasteiger partial charge on any atom is -0.208 e. The maximum atomic E-state index is 9.30. The average Bonchev–Trinajstić information content (AvgIpc) is 3.11. The van der Waals surface area contributed by atoms with Crippen molar-refractivity contribution in [3.05, 3.63) is 126 Å². The van der Waals surface area contributed by atoms with Gasteiger partial charge in [0.15, 0.2) is 17.5 Å². The quantitative estimate of drug-likeness (QED) is 0.195. The van der Waals surface area contributed by atoms with Crippen LogP contribution in [0, 0.1) is 29.1 Å². The molecule has 2 bridgehead atoms. The van der Waals surface area contributed by atoms with Gasteiger partial charge in [0.25, 0.3) is 0 Å². The number of fused-ring (bicyclic) bond motifs is 3. The molecule has 2 saturated carbocycles. The van der Waals surface area contributed by atoms with E-state index in [-0.39, 0.29) is 5.41 Å². The molecule has 0 saturated heterocycles. The van der Waals surface area contributed by atoms with E-state index in [2.05, 4.69) is 92.7 Å². The molecule has 0 spiro atoms. The van der Waals surface area contributed by atoms with Crippen LogP contribution in [0.1, 0.15) is 57.1 Å². The first-order valence-corrected chi connectivity index (χ1v) is 16.9. The molecule has 47 heavy (non-hydrogen) atoms. The first kappa shape index (κ1) is 29.3. The average molecular weight is 611 g/mol. The molecule has 0 radical (unpaired) electrons. The number of benzene rings is 5. The molecule has 6 aromatic rings. The van der Waals surface area contributed by atoms with Gasteiger partial charge in [-0.25, -0.2) is 15.0 Å². The van der Waals surface area contributed by atoms with Crippen molar-refractivity contribution in [1.29, 1.82) is 5.26 Å². The zero-order valence-electron chi connectivity index (χ0n) is 27.0. The molecule has 8 rings (SSSR count). The van der Waals surface area contributed by atoms with Gasteiger partial charge in [0.1, 0.15) is 0 Å². The summed E-state index contributed by atoms with van der Waals surface area (Å²) in [5.74, 6) is 4.41. The number of aromatic nitrogens is 3. The third kappa shape index (κ3) is 5.51. The Morgan fingerprint density at radius 3 is 1.72 bits per heavy atom. The summed E-state index contributed by atoms with van der Waals surface area (Å²) in [6.45, 7) is 4.90. The predicted octanol–water partition coefficient (Wildman–Crippen LogP) is 10.7. The van der Waals surface area contributed by atoms with Crippen LogP contribution in [0.25, 0.3) is 56.1 Å². The van der Waals surface area contributed by atoms with Gasteiger partial charge < -0.3 is 0 Å². The fraction of sp³-hybridized carbons (Fsp3) is 0.256. The van der Waals surface area contributed by atoms with Crippen LogP contribution in [0.5, 0.6) is 0 Å². The molecule has 0 amide bonds. The first-order chi connectivity index (χ1) is 23.0. The van der Waals surface area contributed by atoms with Gasteiger partial charge >= 0.3 is 0 Å². The van der Waals surface area contributed by atoms with Gasteiger partial charge in [0.2, 0.25) is 0 Å². The lowest BCUT2D eigenvalue weighted by Gasteiger charge is -2.50. The number of rotatable bonds is 5. The summed E-state index contributed by atoms with van der Waals surface area (Å²) in [4.78, 5) is 15.2. The Labute approximate surface area is 277 Å². The summed E-state index contributed by atoms with van der Waals surface area (Å²) >= 11 is 0. The van der Waals surface area contributed by atoms with Crippen molar-refractivity contribution in [3.63, 3.8) is 0 Å². The van der Waals surface area contributed by atoms with Gasteiger partial charge in [-0.15, -0.1) is 0 Å². The molecule has 2 aliphatic carbocycles. The molecule has 1 heterocycles. The second-order valence-corrected chi connectivity index (χ2v) is 14.1. The minimum absolute atomic E-state index is 0.285. The lowest BCUT2D eigenvalue weighted by Crippen LogP contribution is -2.42. The molecule has 2 fully saturated rings. The van der Waals surface area contributed by atoms with Gasteiger partial charge in [0, 0.05) is 16.7 Å². The number of hydrogen-bond acceptors (Lipinski definition) is 4. The molecule has 0 aliphatic heterocycles. The zero-order valence-corrected chi connectivity index (χ0v) is 27.0. The number of nitriles is 1. The zero-order chi connectivity index (χ0) is 32.0. The van der Waals surface area contributed by atoms with E-state index in [1.165, 1.54) is 37.7 Å². The highest BCUT2D eigenvalue weighted by atomic mass is 15.0. The van der Waals surface area contributed by atoms with Gasteiger partial charge in [0.05, 0.1) is 11.6 Å². The minimum atomic E-state index is 0.285. The van der Waals surface area contributed by atoms with Crippen LogP contribution in [-0.2, 0) is 5.41 Å². The summed E-state index contributed by atoms with van der Waals surface area (Å²) in [6.07, 6.45) is 6.65. The number of nitrogens with zero attached hydrogens (tertiary/aromatic N) is 4. The highest BCUT2D eigenvalue weighted by Gasteiger charge is 2.45. The van der Waals surface area contributed by atoms with E-state index in [1.807, 2.05) is 42.5 Å². The normalized spacial score (nSPS) is 22.1. The Balaban J connectivity index is 1.23. The van der Waals surface area contributed by atoms with E-state index in [0.717, 1.165) is 56.3 Å². The summed E-state index contributed by atoms with van der Waals surface area (Å²) in [5, 5.41) is 11.5. The maximum Gasteiger partial charge on any atom is 0.164 e. The SMILES string of the molecule is C[C@@H]1CC2C[C@H](C)CC(c3ccc(-c4nc(-c5ccccc5)nc(-c5ccc(-c6ccc(C#N)cc6)c6ccccc56)n4)cc3)(C2)C1. The van der Waals surface area contributed by atoms with Crippen molar-refractivity contribution in [2.45, 2.75) is 51.4 Å². The Morgan fingerprint density at radius 2 is 1.09 bits per heavy atom. The largest absolute Gasteiger partial charge is 0.208 e. The van der Waals surface area contributed by atoms with E-state index >= 15 is 0 Å². The van der Waals surface area contributed by atoms with Gasteiger partial charge in [-0.2, -0.15) is 5.26 Å². The molecule has 1 aromatic heterocycles. The topological polar surface area (TPSA) is 62.5 Å². The Hall–Kier alpha value is -5.14. The first-order valence-electron chi connectivity index (χ1n) is 16.9. The van der Waals surface area contributed by atoms with Gasteiger partial charge in [-0.05, 0) is 101 Å². The van der Waals surface area contributed by atoms with E-state index < -0.39 is 0 Å². The molecule has 2 aliphatic rings. The van der Waals surface area contributed by atoms with Crippen molar-refractivity contribution >= 4 is 10.8 Å². The highest BCUT2D eigenvalue weighted by Crippen LogP contribution is 2.54. The van der Waals surface area contributed by atoms with Crippen molar-refractivity contribution in [2.24, 2.45) is 17.8 Å². The van der Waals surface area contributed by atoms with Crippen molar-refractivity contribution in [1.82, 2.24) is 15.0 Å². The molecular formula is C43H38N4. The van der Waals surface area contributed by atoms with Crippen LogP contribution >= 0.6 is 0 Å². The second-order valence-electron chi connectivity index (χ2n) is 14.1. The van der Waals surface area contributed by atoms with Crippen LogP contribution in [0.2, 0.25) is 0 Å². The van der Waals surface area contributed by atoms with E-state index in [1.54, 1.807) is 0 Å². The molecule has 4 atom stereocenters. The Bertz CT molecular complexity index is 2090. The lowest BCUT2D eigenvalue weighted by molar-refractivity contribution is 0.0780. The van der Waals surface area contributed by atoms with Crippen LogP contribution in [0.15, 0.2) is 115 Å². The van der Waals surface area contributed by atoms with Gasteiger partial charge in [-0.1, -0.05) is 111 Å². The lowest BCUT2D eigenvalue weighted by atomic mass is 9.54. The molecule has 230 valence electrons. The summed E-state index contributed by atoms with van der Waals surface area (Å²) in [5.41, 5.74) is 7.53. The van der Waals surface area contributed by atoms with Crippen LogP contribution < -0.4 is 0 Å². The molecule has 5 aromatic carbocycles. The third-order valence-corrected chi connectivity index (χ3v) is 10.5. The Morgan fingerprint density at radius 1 is 0.553 bits per heavy atom.